The normalized spacial score (nSPS) is 12.0. The molecule has 1 atom stereocenters. The van der Waals surface area contributed by atoms with E-state index in [1.165, 1.54) is 19.2 Å². The van der Waals surface area contributed by atoms with Crippen LogP contribution in [0.1, 0.15) is 17.3 Å². The molecule has 1 rings (SSSR count). The number of methoxy groups -OCH3 is 1. The number of amides is 1. The second kappa shape index (κ2) is 5.84. The summed E-state index contributed by atoms with van der Waals surface area (Å²) in [5.41, 5.74) is -0.0573. The van der Waals surface area contributed by atoms with Crippen LogP contribution in [-0.4, -0.2) is 24.4 Å². The molecule has 0 saturated carbocycles. The zero-order valence-electron chi connectivity index (χ0n) is 9.09. The van der Waals surface area contributed by atoms with E-state index in [1.807, 2.05) is 6.92 Å². The van der Waals surface area contributed by atoms with Crippen LogP contribution < -0.4 is 10.1 Å². The third kappa shape index (κ3) is 3.20. The van der Waals surface area contributed by atoms with E-state index in [1.54, 1.807) is 6.07 Å². The highest BCUT2D eigenvalue weighted by Crippen LogP contribution is 2.20. The Labute approximate surface area is 102 Å². The first-order chi connectivity index (χ1) is 7.56. The van der Waals surface area contributed by atoms with E-state index in [4.69, 9.17) is 4.74 Å². The van der Waals surface area contributed by atoms with Crippen molar-refractivity contribution in [1.29, 1.82) is 0 Å². The van der Waals surface area contributed by atoms with Gasteiger partial charge in [-0.1, -0.05) is 28.9 Å². The molecule has 0 aliphatic rings. The molecule has 5 heteroatoms. The quantitative estimate of drug-likeness (QED) is 0.864. The number of ether oxygens (including phenoxy) is 1. The molecular formula is C11H13BrFNO2. The molecule has 0 aliphatic carbocycles. The van der Waals surface area contributed by atoms with E-state index in [0.29, 0.717) is 6.54 Å². The Morgan fingerprint density at radius 1 is 1.62 bits per heavy atom. The third-order valence-corrected chi connectivity index (χ3v) is 2.29. The van der Waals surface area contributed by atoms with Gasteiger partial charge >= 0.3 is 0 Å². The SMILES string of the molecule is COc1cccc(F)c1C(=O)NCC(C)Br. The number of carbonyl (C=O) groups excluding carboxylic acids is 1. The number of rotatable bonds is 4. The lowest BCUT2D eigenvalue weighted by Crippen LogP contribution is -2.29. The van der Waals surface area contributed by atoms with Gasteiger partial charge in [0.15, 0.2) is 0 Å². The van der Waals surface area contributed by atoms with Crippen LogP contribution in [0.5, 0.6) is 5.75 Å². The Morgan fingerprint density at radius 2 is 2.31 bits per heavy atom. The van der Waals surface area contributed by atoms with Crippen LogP contribution in [0.2, 0.25) is 0 Å². The minimum Gasteiger partial charge on any atom is -0.496 e. The van der Waals surface area contributed by atoms with Crippen LogP contribution in [0.15, 0.2) is 18.2 Å². The van der Waals surface area contributed by atoms with E-state index in [2.05, 4.69) is 21.2 Å². The zero-order valence-corrected chi connectivity index (χ0v) is 10.7. The molecular weight excluding hydrogens is 277 g/mol. The number of hydrogen-bond acceptors (Lipinski definition) is 2. The Hall–Kier alpha value is -1.10. The molecule has 1 amide bonds. The first kappa shape index (κ1) is 13.0. The highest BCUT2D eigenvalue weighted by Gasteiger charge is 2.17. The minimum absolute atomic E-state index is 0.0573. The molecule has 1 N–H and O–H groups in total. The number of nitrogens with one attached hydrogen (secondary N) is 1. The molecule has 0 radical (unpaired) electrons. The number of carbonyl (C=O) groups is 1. The summed E-state index contributed by atoms with van der Waals surface area (Å²) in [5, 5.41) is 2.61. The lowest BCUT2D eigenvalue weighted by Gasteiger charge is -2.10. The van der Waals surface area contributed by atoms with Gasteiger partial charge in [0.1, 0.15) is 17.1 Å². The predicted octanol–water partition coefficient (Wildman–Crippen LogP) is 2.35. The van der Waals surface area contributed by atoms with Crippen LogP contribution in [0.25, 0.3) is 0 Å². The van der Waals surface area contributed by atoms with Gasteiger partial charge in [0.25, 0.3) is 5.91 Å². The maximum Gasteiger partial charge on any atom is 0.258 e. The number of halogens is 2. The summed E-state index contributed by atoms with van der Waals surface area (Å²) in [6, 6.07) is 4.28. The van der Waals surface area contributed by atoms with Gasteiger partial charge < -0.3 is 10.1 Å². The fourth-order valence-electron chi connectivity index (χ4n) is 1.22. The first-order valence-corrected chi connectivity index (χ1v) is 5.72. The van der Waals surface area contributed by atoms with Crippen molar-refractivity contribution in [3.8, 4) is 5.75 Å². The van der Waals surface area contributed by atoms with Gasteiger partial charge in [0.2, 0.25) is 0 Å². The fourth-order valence-corrected chi connectivity index (χ4v) is 1.38. The van der Waals surface area contributed by atoms with Gasteiger partial charge in [0.05, 0.1) is 7.11 Å². The van der Waals surface area contributed by atoms with Crippen molar-refractivity contribution in [2.24, 2.45) is 0 Å². The van der Waals surface area contributed by atoms with Gasteiger partial charge in [-0.15, -0.1) is 0 Å². The second-order valence-corrected chi connectivity index (χ2v) is 4.87. The maximum atomic E-state index is 13.5. The molecule has 0 bridgehead atoms. The molecule has 0 aliphatic heterocycles. The first-order valence-electron chi connectivity index (χ1n) is 4.81. The van der Waals surface area contributed by atoms with Crippen LogP contribution in [-0.2, 0) is 0 Å². The van der Waals surface area contributed by atoms with Gasteiger partial charge in [-0.25, -0.2) is 4.39 Å². The van der Waals surface area contributed by atoms with Gasteiger partial charge in [-0.2, -0.15) is 0 Å². The largest absolute Gasteiger partial charge is 0.496 e. The van der Waals surface area contributed by atoms with E-state index in [-0.39, 0.29) is 16.1 Å². The topological polar surface area (TPSA) is 38.3 Å². The van der Waals surface area contributed by atoms with Gasteiger partial charge in [-0.05, 0) is 12.1 Å². The molecule has 0 fully saturated rings. The van der Waals surface area contributed by atoms with Crippen molar-refractivity contribution in [2.45, 2.75) is 11.8 Å². The maximum absolute atomic E-state index is 13.5. The highest BCUT2D eigenvalue weighted by molar-refractivity contribution is 9.09. The Kier molecular flexibility index (Phi) is 4.73. The Morgan fingerprint density at radius 3 is 2.88 bits per heavy atom. The lowest BCUT2D eigenvalue weighted by atomic mass is 10.1. The van der Waals surface area contributed by atoms with Crippen molar-refractivity contribution < 1.29 is 13.9 Å². The average molecular weight is 290 g/mol. The minimum atomic E-state index is -0.584. The van der Waals surface area contributed by atoms with E-state index >= 15 is 0 Å². The monoisotopic (exact) mass is 289 g/mol. The average Bonchev–Trinajstić information content (AvgIpc) is 2.25. The van der Waals surface area contributed by atoms with Crippen LogP contribution in [0, 0.1) is 5.82 Å². The summed E-state index contributed by atoms with van der Waals surface area (Å²) >= 11 is 3.29. The van der Waals surface area contributed by atoms with Crippen molar-refractivity contribution in [2.75, 3.05) is 13.7 Å². The highest BCUT2D eigenvalue weighted by atomic mass is 79.9. The smallest absolute Gasteiger partial charge is 0.258 e. The fraction of sp³-hybridized carbons (Fsp3) is 0.364. The predicted molar refractivity (Wildman–Crippen MR) is 63.7 cm³/mol. The summed E-state index contributed by atoms with van der Waals surface area (Å²) in [5.74, 6) is -0.819. The Bertz CT molecular complexity index is 382. The summed E-state index contributed by atoms with van der Waals surface area (Å²) in [6.07, 6.45) is 0. The van der Waals surface area contributed by atoms with Crippen molar-refractivity contribution >= 4 is 21.8 Å². The number of benzene rings is 1. The van der Waals surface area contributed by atoms with Crippen molar-refractivity contribution in [3.63, 3.8) is 0 Å². The Balaban J connectivity index is 2.89. The molecule has 1 aromatic carbocycles. The summed E-state index contributed by atoms with van der Waals surface area (Å²) < 4.78 is 18.4. The second-order valence-electron chi connectivity index (χ2n) is 3.31. The molecule has 16 heavy (non-hydrogen) atoms. The lowest BCUT2D eigenvalue weighted by molar-refractivity contribution is 0.0947. The summed E-state index contributed by atoms with van der Waals surface area (Å²) in [7, 11) is 1.40. The molecule has 0 spiro atoms. The summed E-state index contributed by atoms with van der Waals surface area (Å²) in [6.45, 7) is 2.31. The molecule has 0 aromatic heterocycles. The van der Waals surface area contributed by atoms with Crippen LogP contribution >= 0.6 is 15.9 Å². The number of alkyl halides is 1. The molecule has 88 valence electrons. The van der Waals surface area contributed by atoms with E-state index < -0.39 is 11.7 Å². The zero-order chi connectivity index (χ0) is 12.1. The van der Waals surface area contributed by atoms with Crippen molar-refractivity contribution in [1.82, 2.24) is 5.32 Å². The van der Waals surface area contributed by atoms with E-state index in [0.717, 1.165) is 0 Å². The number of hydrogen-bond donors (Lipinski definition) is 1. The molecule has 0 heterocycles. The van der Waals surface area contributed by atoms with Crippen LogP contribution in [0.3, 0.4) is 0 Å². The molecule has 1 aromatic rings. The van der Waals surface area contributed by atoms with Crippen LogP contribution in [0.4, 0.5) is 4.39 Å². The molecule has 0 saturated heterocycles. The van der Waals surface area contributed by atoms with E-state index in [9.17, 15) is 9.18 Å². The summed E-state index contributed by atoms with van der Waals surface area (Å²) in [4.78, 5) is 11.8. The van der Waals surface area contributed by atoms with Crippen molar-refractivity contribution in [3.05, 3.63) is 29.6 Å². The third-order valence-electron chi connectivity index (χ3n) is 1.97. The molecule has 3 nitrogen and oxygen atoms in total. The molecule has 1 unspecified atom stereocenters. The standard InChI is InChI=1S/C11H13BrFNO2/c1-7(12)6-14-11(15)10-8(13)4-3-5-9(10)16-2/h3-5,7H,6H2,1-2H3,(H,14,15). The van der Waals surface area contributed by atoms with Gasteiger partial charge in [0, 0.05) is 11.4 Å². The van der Waals surface area contributed by atoms with Gasteiger partial charge in [-0.3, -0.25) is 4.79 Å².